The first-order valence-electron chi connectivity index (χ1n) is 3.92. The molecule has 0 aliphatic rings. The van der Waals surface area contributed by atoms with Crippen molar-refractivity contribution in [3.05, 3.63) is 39.9 Å². The van der Waals surface area contributed by atoms with Gasteiger partial charge in [-0.1, -0.05) is 0 Å². The topological polar surface area (TPSA) is 122 Å². The number of non-ortho nitro benzene ring substituents is 1. The maximum atomic E-state index is 11.1. The molecule has 0 radical (unpaired) electrons. The summed E-state index contributed by atoms with van der Waals surface area (Å²) in [5, 5.41) is 10.3. The lowest BCUT2D eigenvalue weighted by atomic mass is 10.2. The predicted octanol–water partition coefficient (Wildman–Crippen LogP) is 0.762. The molecule has 2 N–H and O–H groups in total. The van der Waals surface area contributed by atoms with Crippen molar-refractivity contribution in [3.63, 3.8) is 0 Å². The van der Waals surface area contributed by atoms with E-state index in [1.807, 2.05) is 0 Å². The lowest BCUT2D eigenvalue weighted by Crippen LogP contribution is -2.16. The van der Waals surface area contributed by atoms with E-state index < -0.39 is 17.0 Å². The van der Waals surface area contributed by atoms with E-state index in [0.717, 1.165) is 24.3 Å². The van der Waals surface area contributed by atoms with Crippen LogP contribution in [-0.2, 0) is 9.57 Å². The Morgan fingerprint density at radius 2 is 1.81 bits per heavy atom. The van der Waals surface area contributed by atoms with Gasteiger partial charge in [-0.2, -0.15) is 5.90 Å². The summed E-state index contributed by atoms with van der Waals surface area (Å²) < 4.78 is 4.09. The molecule has 0 spiro atoms. The molecule has 0 aliphatic heterocycles. The Labute approximate surface area is 88.7 Å². The van der Waals surface area contributed by atoms with E-state index in [1.54, 1.807) is 0 Å². The van der Waals surface area contributed by atoms with Gasteiger partial charge in [0.1, 0.15) is 0 Å². The number of nitro groups is 1. The molecule has 0 amide bonds. The largest absolute Gasteiger partial charge is 0.535 e. The van der Waals surface area contributed by atoms with Gasteiger partial charge in [-0.05, 0) is 12.1 Å². The third-order valence-electron chi connectivity index (χ3n) is 1.59. The fraction of sp³-hybridized carbons (Fsp3) is 0. The quantitative estimate of drug-likeness (QED) is 0.341. The zero-order chi connectivity index (χ0) is 12.1. The molecule has 16 heavy (non-hydrogen) atoms. The van der Waals surface area contributed by atoms with Gasteiger partial charge < -0.3 is 9.57 Å². The Morgan fingerprint density at radius 3 is 2.25 bits per heavy atom. The molecule has 0 bridgehead atoms. The van der Waals surface area contributed by atoms with E-state index in [2.05, 4.69) is 15.5 Å². The Balaban J connectivity index is 2.78. The second kappa shape index (κ2) is 4.84. The smallest absolute Gasteiger partial charge is 0.355 e. The number of benzene rings is 1. The molecule has 0 atom stereocenters. The Hall–Kier alpha value is -2.48. The molecule has 0 aromatic heterocycles. The predicted molar refractivity (Wildman–Crippen MR) is 49.2 cm³/mol. The Kier molecular flexibility index (Phi) is 3.51. The molecule has 8 nitrogen and oxygen atoms in total. The van der Waals surface area contributed by atoms with Crippen molar-refractivity contribution in [3.8, 4) is 0 Å². The summed E-state index contributed by atoms with van der Waals surface area (Å²) in [6.45, 7) is 0. The van der Waals surface area contributed by atoms with E-state index in [4.69, 9.17) is 0 Å². The highest BCUT2D eigenvalue weighted by atomic mass is 16.8. The minimum Gasteiger partial charge on any atom is -0.355 e. The van der Waals surface area contributed by atoms with Crippen LogP contribution >= 0.6 is 0 Å². The first-order chi connectivity index (χ1) is 7.54. The highest BCUT2D eigenvalue weighted by Crippen LogP contribution is 2.12. The molecule has 0 unspecified atom stereocenters. The van der Waals surface area contributed by atoms with Crippen LogP contribution in [0.5, 0.6) is 0 Å². The monoisotopic (exact) mass is 226 g/mol. The maximum Gasteiger partial charge on any atom is 0.535 e. The molecule has 84 valence electrons. The van der Waals surface area contributed by atoms with Gasteiger partial charge in [-0.25, -0.2) is 9.59 Å². The van der Waals surface area contributed by atoms with E-state index in [-0.39, 0.29) is 11.3 Å². The summed E-state index contributed by atoms with van der Waals surface area (Å²) in [7, 11) is 0. The second-order valence-corrected chi connectivity index (χ2v) is 2.56. The number of esters is 1. The number of carbonyl (C=O) groups excluding carboxylic acids is 2. The SMILES string of the molecule is NOC(=O)OC(=O)c1ccc([N+](=O)[O-])cc1. The van der Waals surface area contributed by atoms with Crippen molar-refractivity contribution in [2.24, 2.45) is 5.90 Å². The fourth-order valence-corrected chi connectivity index (χ4v) is 0.878. The zero-order valence-corrected chi connectivity index (χ0v) is 7.78. The van der Waals surface area contributed by atoms with Crippen LogP contribution in [0.2, 0.25) is 0 Å². The number of ether oxygens (including phenoxy) is 1. The summed E-state index contributed by atoms with van der Waals surface area (Å²) >= 11 is 0. The third kappa shape index (κ3) is 2.75. The summed E-state index contributed by atoms with van der Waals surface area (Å²) in [4.78, 5) is 34.9. The number of nitro benzene ring substituents is 1. The van der Waals surface area contributed by atoms with Crippen LogP contribution in [0.25, 0.3) is 0 Å². The van der Waals surface area contributed by atoms with Crippen molar-refractivity contribution in [1.29, 1.82) is 0 Å². The molecule has 1 rings (SSSR count). The number of hydrogen-bond donors (Lipinski definition) is 1. The van der Waals surface area contributed by atoms with Crippen molar-refractivity contribution in [2.75, 3.05) is 0 Å². The minimum atomic E-state index is -1.36. The number of nitrogens with zero attached hydrogens (tertiary/aromatic N) is 1. The maximum absolute atomic E-state index is 11.1. The molecular weight excluding hydrogens is 220 g/mol. The van der Waals surface area contributed by atoms with Crippen LogP contribution in [0.1, 0.15) is 10.4 Å². The molecular formula is C8H6N2O6. The van der Waals surface area contributed by atoms with Crippen molar-refractivity contribution in [2.45, 2.75) is 0 Å². The van der Waals surface area contributed by atoms with Crippen molar-refractivity contribution < 1.29 is 24.1 Å². The van der Waals surface area contributed by atoms with Crippen molar-refractivity contribution in [1.82, 2.24) is 0 Å². The first kappa shape index (κ1) is 11.6. The Bertz CT molecular complexity index is 427. The molecule has 1 aromatic carbocycles. The van der Waals surface area contributed by atoms with Crippen molar-refractivity contribution >= 4 is 17.8 Å². The van der Waals surface area contributed by atoms with Crippen LogP contribution in [-0.4, -0.2) is 17.0 Å². The van der Waals surface area contributed by atoms with E-state index >= 15 is 0 Å². The standard InChI is InChI=1S/C8H6N2O6/c9-16-8(12)15-7(11)5-1-3-6(4-2-5)10(13)14/h1-4H,9H2. The molecule has 0 aliphatic carbocycles. The van der Waals surface area contributed by atoms with Gasteiger partial charge >= 0.3 is 12.1 Å². The van der Waals surface area contributed by atoms with Gasteiger partial charge in [0.05, 0.1) is 10.5 Å². The fourth-order valence-electron chi connectivity index (χ4n) is 0.878. The number of nitrogens with two attached hydrogens (primary N) is 1. The molecule has 1 aromatic rings. The number of hydrogen-bond acceptors (Lipinski definition) is 7. The molecule has 8 heteroatoms. The van der Waals surface area contributed by atoms with Crippen LogP contribution in [0, 0.1) is 10.1 Å². The number of carbonyl (C=O) groups is 2. The lowest BCUT2D eigenvalue weighted by Gasteiger charge is -1.99. The molecule has 0 saturated heterocycles. The van der Waals surface area contributed by atoms with Crippen LogP contribution in [0.3, 0.4) is 0 Å². The van der Waals surface area contributed by atoms with Gasteiger partial charge in [0, 0.05) is 12.1 Å². The van der Waals surface area contributed by atoms with E-state index in [1.165, 1.54) is 0 Å². The normalized spacial score (nSPS) is 9.31. The lowest BCUT2D eigenvalue weighted by molar-refractivity contribution is -0.384. The third-order valence-corrected chi connectivity index (χ3v) is 1.59. The second-order valence-electron chi connectivity index (χ2n) is 2.56. The molecule has 0 heterocycles. The summed E-state index contributed by atoms with van der Waals surface area (Å²) in [6.07, 6.45) is -1.36. The average Bonchev–Trinajstić information content (AvgIpc) is 2.28. The summed E-state index contributed by atoms with van der Waals surface area (Å²) in [6, 6.07) is 4.49. The number of rotatable bonds is 2. The van der Waals surface area contributed by atoms with Gasteiger partial charge in [-0.3, -0.25) is 10.1 Å². The molecule has 0 fully saturated rings. The summed E-state index contributed by atoms with van der Waals surface area (Å²) in [5.41, 5.74) is -0.214. The van der Waals surface area contributed by atoms with E-state index in [9.17, 15) is 19.7 Å². The Morgan fingerprint density at radius 1 is 1.25 bits per heavy atom. The highest BCUT2D eigenvalue weighted by Gasteiger charge is 2.14. The highest BCUT2D eigenvalue weighted by molar-refractivity contribution is 5.95. The van der Waals surface area contributed by atoms with E-state index in [0.29, 0.717) is 0 Å². The summed E-state index contributed by atoms with van der Waals surface area (Å²) in [5.74, 6) is 3.44. The van der Waals surface area contributed by atoms with Gasteiger partial charge in [-0.15, -0.1) is 0 Å². The van der Waals surface area contributed by atoms with Crippen LogP contribution in [0.4, 0.5) is 10.5 Å². The van der Waals surface area contributed by atoms with Gasteiger partial charge in [0.15, 0.2) is 0 Å². The molecule has 0 saturated carbocycles. The van der Waals surface area contributed by atoms with Crippen LogP contribution in [0.15, 0.2) is 24.3 Å². The van der Waals surface area contributed by atoms with Gasteiger partial charge in [0.2, 0.25) is 0 Å². The van der Waals surface area contributed by atoms with Gasteiger partial charge in [0.25, 0.3) is 5.69 Å². The first-order valence-corrected chi connectivity index (χ1v) is 3.92. The average molecular weight is 226 g/mol. The minimum absolute atomic E-state index is 0.0315. The zero-order valence-electron chi connectivity index (χ0n) is 7.78. The van der Waals surface area contributed by atoms with Crippen LogP contribution < -0.4 is 5.90 Å².